The normalized spacial score (nSPS) is 15.3. The molecule has 1 aromatic carbocycles. The van der Waals surface area contributed by atoms with Gasteiger partial charge in [-0.15, -0.1) is 0 Å². The number of rotatable bonds is 1. The molecule has 0 unspecified atom stereocenters. The second-order valence-electron chi connectivity index (χ2n) is 4.74. The van der Waals surface area contributed by atoms with Gasteiger partial charge in [0.05, 0.1) is 11.3 Å². The molecule has 0 bridgehead atoms. The predicted molar refractivity (Wildman–Crippen MR) is 65.6 cm³/mol. The summed E-state index contributed by atoms with van der Waals surface area (Å²) in [5, 5.41) is 0. The van der Waals surface area contributed by atoms with E-state index in [1.54, 1.807) is 12.3 Å². The Morgan fingerprint density at radius 3 is 2.63 bits per heavy atom. The Labute approximate surface area is 108 Å². The smallest absolute Gasteiger partial charge is 0.334 e. The van der Waals surface area contributed by atoms with Crippen LogP contribution in [0.25, 0.3) is 11.3 Å². The first-order chi connectivity index (χ1) is 9.05. The molecule has 0 saturated heterocycles. The molecule has 1 aromatic heterocycles. The minimum Gasteiger partial charge on any atom is -0.334 e. The first-order valence-corrected chi connectivity index (χ1v) is 6.28. The zero-order valence-electron chi connectivity index (χ0n) is 10.2. The van der Waals surface area contributed by atoms with Crippen molar-refractivity contribution in [2.75, 3.05) is 0 Å². The Morgan fingerprint density at radius 2 is 1.89 bits per heavy atom. The molecule has 100 valence electrons. The van der Waals surface area contributed by atoms with Crippen LogP contribution in [0.2, 0.25) is 0 Å². The quantitative estimate of drug-likeness (QED) is 0.765. The number of alkyl halides is 3. The van der Waals surface area contributed by atoms with Gasteiger partial charge < -0.3 is 4.57 Å². The van der Waals surface area contributed by atoms with Crippen LogP contribution >= 0.6 is 0 Å². The van der Waals surface area contributed by atoms with Crippen molar-refractivity contribution in [1.82, 2.24) is 9.55 Å². The maximum atomic E-state index is 13.0. The van der Waals surface area contributed by atoms with Gasteiger partial charge >= 0.3 is 6.18 Å². The van der Waals surface area contributed by atoms with Crippen molar-refractivity contribution in [2.24, 2.45) is 0 Å². The highest BCUT2D eigenvalue weighted by Crippen LogP contribution is 2.36. The van der Waals surface area contributed by atoms with Gasteiger partial charge in [0.15, 0.2) is 0 Å². The van der Waals surface area contributed by atoms with Crippen LogP contribution in [0.15, 0.2) is 30.5 Å². The fourth-order valence-corrected chi connectivity index (χ4v) is 2.50. The van der Waals surface area contributed by atoms with Crippen molar-refractivity contribution < 1.29 is 13.2 Å². The van der Waals surface area contributed by atoms with Crippen LogP contribution < -0.4 is 0 Å². The van der Waals surface area contributed by atoms with E-state index in [0.29, 0.717) is 5.69 Å². The average Bonchev–Trinajstić information content (AvgIpc) is 2.81. The zero-order valence-corrected chi connectivity index (χ0v) is 10.2. The maximum absolute atomic E-state index is 13.0. The monoisotopic (exact) mass is 266 g/mol. The molecule has 0 aliphatic carbocycles. The van der Waals surface area contributed by atoms with Crippen LogP contribution in [-0.2, 0) is 19.1 Å². The van der Waals surface area contributed by atoms with Gasteiger partial charge in [-0.25, -0.2) is 4.98 Å². The lowest BCUT2D eigenvalue weighted by Gasteiger charge is -2.11. The molecule has 2 nitrogen and oxygen atoms in total. The van der Waals surface area contributed by atoms with Crippen LogP contribution in [0.4, 0.5) is 13.2 Å². The fraction of sp³-hybridized carbons (Fsp3) is 0.357. The lowest BCUT2D eigenvalue weighted by atomic mass is 10.0. The summed E-state index contributed by atoms with van der Waals surface area (Å²) in [4.78, 5) is 4.36. The molecule has 2 aromatic rings. The van der Waals surface area contributed by atoms with Crippen molar-refractivity contribution in [3.63, 3.8) is 0 Å². The number of fused-ring (bicyclic) bond motifs is 1. The third kappa shape index (κ3) is 2.25. The number of nitrogens with zero attached hydrogens (tertiary/aromatic N) is 2. The number of imidazole rings is 1. The van der Waals surface area contributed by atoms with Crippen LogP contribution in [-0.4, -0.2) is 9.55 Å². The predicted octanol–water partition coefficient (Wildman–Crippen LogP) is 3.91. The van der Waals surface area contributed by atoms with Crippen LogP contribution in [0.3, 0.4) is 0 Å². The Bertz CT molecular complexity index is 575. The summed E-state index contributed by atoms with van der Waals surface area (Å²) in [7, 11) is 0. The number of hydrogen-bond acceptors (Lipinski definition) is 1. The van der Waals surface area contributed by atoms with Crippen molar-refractivity contribution in [2.45, 2.75) is 32.0 Å². The fourth-order valence-electron chi connectivity index (χ4n) is 2.50. The minimum atomic E-state index is -4.35. The van der Waals surface area contributed by atoms with Crippen LogP contribution in [0.1, 0.15) is 24.2 Å². The molecule has 1 aliphatic heterocycles. The summed E-state index contributed by atoms with van der Waals surface area (Å²) in [5.74, 6) is 0.887. The molecule has 1 aliphatic rings. The van der Waals surface area contributed by atoms with Crippen molar-refractivity contribution in [1.29, 1.82) is 0 Å². The highest BCUT2D eigenvalue weighted by Gasteiger charge is 2.34. The summed E-state index contributed by atoms with van der Waals surface area (Å²) in [5.41, 5.74) is -0.0350. The van der Waals surface area contributed by atoms with Crippen molar-refractivity contribution in [3.05, 3.63) is 41.9 Å². The molecule has 3 rings (SSSR count). The maximum Gasteiger partial charge on any atom is 0.417 e. The lowest BCUT2D eigenvalue weighted by Crippen LogP contribution is -2.08. The molecule has 0 saturated carbocycles. The van der Waals surface area contributed by atoms with Crippen molar-refractivity contribution >= 4 is 0 Å². The highest BCUT2D eigenvalue weighted by atomic mass is 19.4. The summed E-state index contributed by atoms with van der Waals surface area (Å²) in [6.45, 7) is 0.844. The van der Waals surface area contributed by atoms with Gasteiger partial charge in [0.25, 0.3) is 0 Å². The van der Waals surface area contributed by atoms with E-state index in [4.69, 9.17) is 0 Å². The molecule has 5 heteroatoms. The van der Waals surface area contributed by atoms with E-state index in [1.807, 2.05) is 4.57 Å². The number of hydrogen-bond donors (Lipinski definition) is 0. The molecule has 0 N–H and O–H groups in total. The van der Waals surface area contributed by atoms with Crippen LogP contribution in [0.5, 0.6) is 0 Å². The van der Waals surface area contributed by atoms with E-state index in [9.17, 15) is 13.2 Å². The molecule has 0 fully saturated rings. The first-order valence-electron chi connectivity index (χ1n) is 6.28. The molecule has 19 heavy (non-hydrogen) atoms. The molecule has 0 spiro atoms. The molecule has 2 heterocycles. The van der Waals surface area contributed by atoms with E-state index < -0.39 is 11.7 Å². The second-order valence-corrected chi connectivity index (χ2v) is 4.74. The van der Waals surface area contributed by atoms with Gasteiger partial charge in [0, 0.05) is 24.7 Å². The Hall–Kier alpha value is -1.78. The van der Waals surface area contributed by atoms with E-state index in [2.05, 4.69) is 4.98 Å². The summed E-state index contributed by atoms with van der Waals surface area (Å²) < 4.78 is 40.9. The molecular weight excluding hydrogens is 253 g/mol. The summed E-state index contributed by atoms with van der Waals surface area (Å²) >= 11 is 0. The zero-order chi connectivity index (χ0) is 13.5. The van der Waals surface area contributed by atoms with Gasteiger partial charge in [-0.2, -0.15) is 13.2 Å². The van der Waals surface area contributed by atoms with Gasteiger partial charge in [0.1, 0.15) is 5.82 Å². The molecule has 0 radical (unpaired) electrons. The Morgan fingerprint density at radius 1 is 1.11 bits per heavy atom. The average molecular weight is 266 g/mol. The van der Waals surface area contributed by atoms with E-state index in [0.717, 1.165) is 37.7 Å². The van der Waals surface area contributed by atoms with Crippen LogP contribution in [0, 0.1) is 0 Å². The van der Waals surface area contributed by atoms with E-state index >= 15 is 0 Å². The van der Waals surface area contributed by atoms with E-state index in [-0.39, 0.29) is 5.56 Å². The molecule has 0 amide bonds. The van der Waals surface area contributed by atoms with Gasteiger partial charge in [-0.05, 0) is 18.9 Å². The van der Waals surface area contributed by atoms with Gasteiger partial charge in [-0.1, -0.05) is 18.2 Å². The molecule has 0 atom stereocenters. The first kappa shape index (κ1) is 12.3. The lowest BCUT2D eigenvalue weighted by molar-refractivity contribution is -0.137. The minimum absolute atomic E-state index is 0.164. The van der Waals surface area contributed by atoms with Gasteiger partial charge in [-0.3, -0.25) is 0 Å². The number of aryl methyl sites for hydroxylation is 2. The Kier molecular flexibility index (Phi) is 2.84. The SMILES string of the molecule is FC(F)(F)c1ccccc1-c1cn2c(n1)CCCC2. The number of benzene rings is 1. The largest absolute Gasteiger partial charge is 0.417 e. The summed E-state index contributed by atoms with van der Waals surface area (Å²) in [6, 6.07) is 5.61. The third-order valence-corrected chi connectivity index (χ3v) is 3.42. The molecular formula is C14H13F3N2. The topological polar surface area (TPSA) is 17.8 Å². The second kappa shape index (κ2) is 4.40. The third-order valence-electron chi connectivity index (χ3n) is 3.42. The van der Waals surface area contributed by atoms with Crippen molar-refractivity contribution in [3.8, 4) is 11.3 Å². The van der Waals surface area contributed by atoms with E-state index in [1.165, 1.54) is 12.1 Å². The van der Waals surface area contributed by atoms with Gasteiger partial charge in [0.2, 0.25) is 0 Å². The number of aromatic nitrogens is 2. The summed E-state index contributed by atoms with van der Waals surface area (Å²) in [6.07, 6.45) is 0.342. The Balaban J connectivity index is 2.09. The standard InChI is InChI=1S/C14H13F3N2/c15-14(16,17)11-6-2-1-5-10(11)12-9-19-8-4-3-7-13(19)18-12/h1-2,5-6,9H,3-4,7-8H2. The highest BCUT2D eigenvalue weighted by molar-refractivity contribution is 5.64. The number of halogens is 3.